The average Bonchev–Trinajstić information content (AvgIpc) is 3.60. The molecule has 0 amide bonds. The average molecular weight is 505 g/mol. The van der Waals surface area contributed by atoms with Gasteiger partial charge in [-0.05, 0) is 38.8 Å². The summed E-state index contributed by atoms with van der Waals surface area (Å²) in [5.74, 6) is 4.36. The second-order valence-corrected chi connectivity index (χ2v) is 9.06. The molecule has 2 aromatic carbocycles. The van der Waals surface area contributed by atoms with Crippen LogP contribution in [0.4, 0.5) is 17.6 Å². The highest BCUT2D eigenvalue weighted by Crippen LogP contribution is 2.39. The maximum absolute atomic E-state index is 6.08. The Kier molecular flexibility index (Phi) is 6.89. The van der Waals surface area contributed by atoms with Gasteiger partial charge in [-0.25, -0.2) is 9.97 Å². The second kappa shape index (κ2) is 10.4. The third-order valence-corrected chi connectivity index (χ3v) is 6.21. The van der Waals surface area contributed by atoms with Crippen molar-refractivity contribution in [3.8, 4) is 28.7 Å². The fourth-order valence-corrected chi connectivity index (χ4v) is 4.54. The highest BCUT2D eigenvalue weighted by Gasteiger charge is 2.21. The number of imidazole rings is 1. The Morgan fingerprint density at radius 1 is 0.919 bits per heavy atom. The molecule has 194 valence electrons. The number of rotatable bonds is 9. The van der Waals surface area contributed by atoms with Crippen LogP contribution >= 0.6 is 0 Å². The van der Waals surface area contributed by atoms with Crippen LogP contribution in [0.3, 0.4) is 0 Å². The molecule has 0 saturated carbocycles. The van der Waals surface area contributed by atoms with E-state index in [2.05, 4.69) is 21.3 Å². The van der Waals surface area contributed by atoms with Crippen LogP contribution in [-0.4, -0.2) is 60.0 Å². The summed E-state index contributed by atoms with van der Waals surface area (Å²) in [4.78, 5) is 16.6. The van der Waals surface area contributed by atoms with E-state index in [4.69, 9.17) is 28.9 Å². The fraction of sp³-hybridized carbons (Fsp3) is 0.370. The van der Waals surface area contributed by atoms with Crippen LogP contribution < -0.4 is 29.2 Å². The summed E-state index contributed by atoms with van der Waals surface area (Å²) >= 11 is 0. The molecule has 4 aromatic rings. The normalized spacial score (nSPS) is 13.3. The van der Waals surface area contributed by atoms with E-state index < -0.39 is 0 Å². The molecule has 1 saturated heterocycles. The van der Waals surface area contributed by atoms with Crippen molar-refractivity contribution in [2.75, 3.05) is 44.6 Å². The molecule has 0 aliphatic carbocycles. The summed E-state index contributed by atoms with van der Waals surface area (Å²) in [6.07, 6.45) is 5.89. The van der Waals surface area contributed by atoms with Crippen LogP contribution in [-0.2, 0) is 0 Å². The van der Waals surface area contributed by atoms with Crippen molar-refractivity contribution in [2.24, 2.45) is 0 Å². The molecule has 1 aliphatic rings. The molecular weight excluding hydrogens is 472 g/mol. The number of anilines is 3. The molecule has 10 heteroatoms. The van der Waals surface area contributed by atoms with Crippen molar-refractivity contribution in [1.29, 1.82) is 0 Å². The van der Waals surface area contributed by atoms with Crippen molar-refractivity contribution in [3.63, 3.8) is 0 Å². The Balaban J connectivity index is 1.52. The molecule has 1 fully saturated rings. The van der Waals surface area contributed by atoms with Crippen LogP contribution in [0.1, 0.15) is 26.7 Å². The smallest absolute Gasteiger partial charge is 0.231 e. The van der Waals surface area contributed by atoms with Gasteiger partial charge in [0.2, 0.25) is 11.7 Å². The summed E-state index contributed by atoms with van der Waals surface area (Å²) in [7, 11) is 4.76. The van der Waals surface area contributed by atoms with Gasteiger partial charge < -0.3 is 33.7 Å². The van der Waals surface area contributed by atoms with Crippen molar-refractivity contribution >= 4 is 28.5 Å². The molecule has 1 N–H and O–H groups in total. The van der Waals surface area contributed by atoms with Gasteiger partial charge in [0, 0.05) is 30.6 Å². The van der Waals surface area contributed by atoms with Gasteiger partial charge in [0.1, 0.15) is 23.4 Å². The monoisotopic (exact) mass is 504 g/mol. The first-order chi connectivity index (χ1) is 18.0. The number of nitrogens with one attached hydrogen (secondary N) is 1. The summed E-state index contributed by atoms with van der Waals surface area (Å²) < 4.78 is 24.4. The van der Waals surface area contributed by atoms with E-state index in [0.29, 0.717) is 29.0 Å². The van der Waals surface area contributed by atoms with Gasteiger partial charge in [-0.3, -0.25) is 0 Å². The molecule has 0 unspecified atom stereocenters. The zero-order valence-electron chi connectivity index (χ0n) is 21.8. The van der Waals surface area contributed by atoms with Crippen LogP contribution in [0, 0.1) is 0 Å². The summed E-state index contributed by atoms with van der Waals surface area (Å²) in [6, 6.07) is 9.72. The molecular formula is C27H32N6O4. The Labute approximate surface area is 216 Å². The molecule has 0 radical (unpaired) electrons. The van der Waals surface area contributed by atoms with Gasteiger partial charge in [0.25, 0.3) is 0 Å². The van der Waals surface area contributed by atoms with Gasteiger partial charge in [0.15, 0.2) is 17.3 Å². The maximum Gasteiger partial charge on any atom is 0.231 e. The Morgan fingerprint density at radius 2 is 1.65 bits per heavy atom. The van der Waals surface area contributed by atoms with Crippen LogP contribution in [0.5, 0.6) is 23.0 Å². The Bertz CT molecular complexity index is 1370. The van der Waals surface area contributed by atoms with Crippen molar-refractivity contribution in [1.82, 2.24) is 19.5 Å². The van der Waals surface area contributed by atoms with Gasteiger partial charge in [-0.1, -0.05) is 6.07 Å². The first-order valence-electron chi connectivity index (χ1n) is 12.3. The summed E-state index contributed by atoms with van der Waals surface area (Å²) in [5, 5.41) is 4.27. The second-order valence-electron chi connectivity index (χ2n) is 9.06. The summed E-state index contributed by atoms with van der Waals surface area (Å²) in [5.41, 5.74) is 1.58. The lowest BCUT2D eigenvalue weighted by molar-refractivity contribution is 0.245. The lowest BCUT2D eigenvalue weighted by Crippen LogP contribution is -2.20. The minimum atomic E-state index is 0.0291. The van der Waals surface area contributed by atoms with Gasteiger partial charge in [-0.2, -0.15) is 4.98 Å². The van der Waals surface area contributed by atoms with E-state index >= 15 is 0 Å². The number of fused-ring (bicyclic) bond motifs is 1. The minimum Gasteiger partial charge on any atom is -0.493 e. The van der Waals surface area contributed by atoms with E-state index in [0.717, 1.165) is 54.1 Å². The largest absolute Gasteiger partial charge is 0.493 e. The van der Waals surface area contributed by atoms with E-state index in [-0.39, 0.29) is 6.10 Å². The van der Waals surface area contributed by atoms with E-state index in [9.17, 15) is 0 Å². The zero-order valence-corrected chi connectivity index (χ0v) is 21.8. The standard InChI is InChI=1S/C27H32N6O4/c1-17(2)37-20-10-8-9-19-24(20)30-27(31-26(19)32-11-6-7-12-32)29-23-15-33(16-28-23)18-13-21(34-3)25(36-5)22(14-18)35-4/h8-10,13-17H,6-7,11-12H2,1-5H3,(H,29,30,31). The van der Waals surface area contributed by atoms with E-state index in [1.165, 1.54) is 0 Å². The molecule has 0 bridgehead atoms. The molecule has 37 heavy (non-hydrogen) atoms. The number of para-hydroxylation sites is 1. The van der Waals surface area contributed by atoms with Gasteiger partial charge >= 0.3 is 0 Å². The molecule has 0 spiro atoms. The zero-order chi connectivity index (χ0) is 25.9. The lowest BCUT2D eigenvalue weighted by atomic mass is 10.2. The number of hydrogen-bond donors (Lipinski definition) is 1. The first kappa shape index (κ1) is 24.5. The van der Waals surface area contributed by atoms with Gasteiger partial charge in [0.05, 0.1) is 39.3 Å². The predicted molar refractivity (Wildman–Crippen MR) is 143 cm³/mol. The van der Waals surface area contributed by atoms with E-state index in [1.54, 1.807) is 27.7 Å². The van der Waals surface area contributed by atoms with Crippen LogP contribution in [0.2, 0.25) is 0 Å². The lowest BCUT2D eigenvalue weighted by Gasteiger charge is -2.20. The Hall–Kier alpha value is -4.21. The predicted octanol–water partition coefficient (Wildman–Crippen LogP) is 4.97. The number of aromatic nitrogens is 4. The van der Waals surface area contributed by atoms with Crippen molar-refractivity contribution in [3.05, 3.63) is 42.9 Å². The number of benzene rings is 2. The Morgan fingerprint density at radius 3 is 2.30 bits per heavy atom. The van der Waals surface area contributed by atoms with Crippen molar-refractivity contribution in [2.45, 2.75) is 32.8 Å². The quantitative estimate of drug-likeness (QED) is 0.339. The number of hydrogen-bond acceptors (Lipinski definition) is 9. The molecule has 0 atom stereocenters. The highest BCUT2D eigenvalue weighted by molar-refractivity contribution is 5.94. The molecule has 2 aromatic heterocycles. The highest BCUT2D eigenvalue weighted by atomic mass is 16.5. The number of nitrogens with zero attached hydrogens (tertiary/aromatic N) is 5. The van der Waals surface area contributed by atoms with Crippen molar-refractivity contribution < 1.29 is 18.9 Å². The molecule has 5 rings (SSSR count). The first-order valence-corrected chi connectivity index (χ1v) is 12.3. The third-order valence-electron chi connectivity index (χ3n) is 6.21. The third kappa shape index (κ3) is 4.91. The summed E-state index contributed by atoms with van der Waals surface area (Å²) in [6.45, 7) is 5.96. The number of ether oxygens (including phenoxy) is 4. The SMILES string of the molecule is COc1cc(-n2cnc(Nc3nc(N4CCCC4)c4cccc(OC(C)C)c4n3)c2)cc(OC)c1OC. The molecule has 10 nitrogen and oxygen atoms in total. The number of methoxy groups -OCH3 is 3. The van der Waals surface area contributed by atoms with Crippen LogP contribution in [0.15, 0.2) is 42.9 Å². The fourth-order valence-electron chi connectivity index (χ4n) is 4.54. The maximum atomic E-state index is 6.08. The van der Waals surface area contributed by atoms with E-state index in [1.807, 2.05) is 48.9 Å². The van der Waals surface area contributed by atoms with Crippen LogP contribution in [0.25, 0.3) is 16.6 Å². The van der Waals surface area contributed by atoms with Gasteiger partial charge in [-0.15, -0.1) is 0 Å². The topological polar surface area (TPSA) is 95.8 Å². The molecule has 1 aliphatic heterocycles. The molecule has 3 heterocycles. The minimum absolute atomic E-state index is 0.0291.